The molecule has 1 N–H and O–H groups in total. The first-order valence-corrected chi connectivity index (χ1v) is 9.65. The largest absolute Gasteiger partial charge is 0.477 e. The molecular formula is C22H26N2O3. The van der Waals surface area contributed by atoms with Crippen molar-refractivity contribution in [2.45, 2.75) is 52.0 Å². The number of pyridine rings is 1. The van der Waals surface area contributed by atoms with Crippen molar-refractivity contribution in [3.63, 3.8) is 0 Å². The van der Waals surface area contributed by atoms with Gasteiger partial charge in [-0.1, -0.05) is 25.1 Å². The van der Waals surface area contributed by atoms with Gasteiger partial charge in [-0.3, -0.25) is 9.59 Å². The van der Waals surface area contributed by atoms with Crippen molar-refractivity contribution in [1.82, 2.24) is 10.3 Å². The molecule has 0 fully saturated rings. The fourth-order valence-corrected chi connectivity index (χ4v) is 3.29. The summed E-state index contributed by atoms with van der Waals surface area (Å²) in [5.74, 6) is 0.428. The average molecular weight is 366 g/mol. The van der Waals surface area contributed by atoms with Gasteiger partial charge in [0.15, 0.2) is 5.78 Å². The smallest absolute Gasteiger partial charge is 0.220 e. The number of amides is 1. The Hall–Kier alpha value is -2.69. The summed E-state index contributed by atoms with van der Waals surface area (Å²) in [5.41, 5.74) is 4.18. The van der Waals surface area contributed by atoms with E-state index >= 15 is 0 Å². The molecule has 0 radical (unpaired) electrons. The number of ketones is 1. The van der Waals surface area contributed by atoms with E-state index in [9.17, 15) is 9.59 Å². The van der Waals surface area contributed by atoms with Crippen molar-refractivity contribution >= 4 is 11.7 Å². The van der Waals surface area contributed by atoms with Crippen molar-refractivity contribution in [1.29, 1.82) is 0 Å². The van der Waals surface area contributed by atoms with Gasteiger partial charge in [0.25, 0.3) is 0 Å². The van der Waals surface area contributed by atoms with E-state index in [1.54, 1.807) is 6.20 Å². The van der Waals surface area contributed by atoms with Gasteiger partial charge in [-0.2, -0.15) is 0 Å². The fraction of sp³-hybridized carbons (Fsp3) is 0.409. The average Bonchev–Trinajstić information content (AvgIpc) is 3.17. The van der Waals surface area contributed by atoms with Crippen LogP contribution in [0.4, 0.5) is 0 Å². The Morgan fingerprint density at radius 2 is 2.00 bits per heavy atom. The number of fused-ring (bicyclic) bond motifs is 1. The molecule has 1 amide bonds. The number of nitrogens with zero attached hydrogens (tertiary/aromatic N) is 1. The molecule has 1 aliphatic carbocycles. The summed E-state index contributed by atoms with van der Waals surface area (Å²) in [6.07, 6.45) is 6.28. The topological polar surface area (TPSA) is 68.3 Å². The van der Waals surface area contributed by atoms with E-state index in [0.717, 1.165) is 31.2 Å². The Bertz CT molecular complexity index is 817. The van der Waals surface area contributed by atoms with E-state index < -0.39 is 0 Å². The molecule has 27 heavy (non-hydrogen) atoms. The number of aromatic nitrogens is 1. The highest BCUT2D eigenvalue weighted by Gasteiger charge is 2.15. The van der Waals surface area contributed by atoms with E-state index in [1.807, 2.05) is 31.2 Å². The van der Waals surface area contributed by atoms with Crippen molar-refractivity contribution in [2.75, 3.05) is 6.61 Å². The van der Waals surface area contributed by atoms with E-state index in [-0.39, 0.29) is 24.5 Å². The van der Waals surface area contributed by atoms with Crippen molar-refractivity contribution in [2.24, 2.45) is 0 Å². The van der Waals surface area contributed by atoms with E-state index in [1.165, 1.54) is 11.1 Å². The molecule has 1 aromatic carbocycles. The van der Waals surface area contributed by atoms with Gasteiger partial charge in [-0.15, -0.1) is 0 Å². The molecule has 1 aromatic heterocycles. The van der Waals surface area contributed by atoms with Crippen LogP contribution in [0.2, 0.25) is 0 Å². The summed E-state index contributed by atoms with van der Waals surface area (Å²) >= 11 is 0. The van der Waals surface area contributed by atoms with E-state index in [4.69, 9.17) is 4.74 Å². The van der Waals surface area contributed by atoms with Gasteiger partial charge in [-0.25, -0.2) is 4.98 Å². The SMILES string of the molecule is CCCOc1ncccc1CNC(=O)CCC(=O)c1ccc2c(c1)CCC2. The Morgan fingerprint density at radius 3 is 2.85 bits per heavy atom. The van der Waals surface area contributed by atoms with Crippen LogP contribution in [0, 0.1) is 0 Å². The quantitative estimate of drug-likeness (QED) is 0.688. The molecule has 0 saturated carbocycles. The number of carbonyl (C=O) groups is 2. The maximum atomic E-state index is 12.4. The monoisotopic (exact) mass is 366 g/mol. The third-order valence-electron chi connectivity index (χ3n) is 4.77. The maximum absolute atomic E-state index is 12.4. The number of carbonyl (C=O) groups excluding carboxylic acids is 2. The number of Topliss-reactive ketones (excluding diaryl/α,β-unsaturated/α-hetero) is 1. The van der Waals surface area contributed by atoms with Crippen LogP contribution >= 0.6 is 0 Å². The second kappa shape index (κ2) is 9.31. The molecule has 142 valence electrons. The van der Waals surface area contributed by atoms with Crippen LogP contribution in [-0.2, 0) is 24.2 Å². The Labute approximate surface area is 160 Å². The van der Waals surface area contributed by atoms with Gasteiger partial charge in [0.05, 0.1) is 6.61 Å². The number of hydrogen-bond donors (Lipinski definition) is 1. The number of ether oxygens (including phenoxy) is 1. The molecule has 5 nitrogen and oxygen atoms in total. The standard InChI is InChI=1S/C22H26N2O3/c1-2-13-27-22-19(7-4-12-23-22)15-24-21(26)11-10-20(25)18-9-8-16-5-3-6-17(16)14-18/h4,7-9,12,14H,2-3,5-6,10-11,13,15H2,1H3,(H,24,26). The first kappa shape index (κ1) is 19.1. The molecule has 1 heterocycles. The molecule has 2 aromatic rings. The van der Waals surface area contributed by atoms with Gasteiger partial charge in [0.2, 0.25) is 11.8 Å². The Kier molecular flexibility index (Phi) is 6.58. The highest BCUT2D eigenvalue weighted by molar-refractivity contribution is 5.98. The van der Waals surface area contributed by atoms with Crippen LogP contribution in [0.3, 0.4) is 0 Å². The molecular weight excluding hydrogens is 340 g/mol. The predicted octanol–water partition coefficient (Wildman–Crippen LogP) is 3.64. The number of aryl methyl sites for hydroxylation is 2. The van der Waals surface area contributed by atoms with E-state index in [2.05, 4.69) is 16.4 Å². The minimum atomic E-state index is -0.144. The number of rotatable bonds is 9. The second-order valence-corrected chi connectivity index (χ2v) is 6.85. The fourth-order valence-electron chi connectivity index (χ4n) is 3.29. The normalized spacial score (nSPS) is 12.5. The highest BCUT2D eigenvalue weighted by Crippen LogP contribution is 2.23. The summed E-state index contributed by atoms with van der Waals surface area (Å²) in [7, 11) is 0. The minimum Gasteiger partial charge on any atom is -0.477 e. The molecule has 0 aliphatic heterocycles. The van der Waals surface area contributed by atoms with Gasteiger partial charge in [0, 0.05) is 36.7 Å². The lowest BCUT2D eigenvalue weighted by atomic mass is 10.0. The molecule has 3 rings (SSSR count). The zero-order valence-electron chi connectivity index (χ0n) is 15.8. The van der Waals surface area contributed by atoms with Crippen LogP contribution in [0.1, 0.15) is 59.7 Å². The van der Waals surface area contributed by atoms with Crippen molar-refractivity contribution < 1.29 is 14.3 Å². The van der Waals surface area contributed by atoms with E-state index in [0.29, 0.717) is 24.6 Å². The molecule has 0 atom stereocenters. The van der Waals surface area contributed by atoms with Crippen LogP contribution in [0.5, 0.6) is 5.88 Å². The molecule has 1 aliphatic rings. The molecule has 5 heteroatoms. The zero-order chi connectivity index (χ0) is 19.1. The first-order chi connectivity index (χ1) is 13.2. The highest BCUT2D eigenvalue weighted by atomic mass is 16.5. The summed E-state index contributed by atoms with van der Waals surface area (Å²) in [6.45, 7) is 2.97. The lowest BCUT2D eigenvalue weighted by Crippen LogP contribution is -2.23. The Balaban J connectivity index is 1.48. The molecule has 0 saturated heterocycles. The molecule has 0 spiro atoms. The summed E-state index contributed by atoms with van der Waals surface area (Å²) in [4.78, 5) is 28.7. The number of nitrogens with one attached hydrogen (secondary N) is 1. The van der Waals surface area contributed by atoms with Crippen LogP contribution < -0.4 is 10.1 Å². The maximum Gasteiger partial charge on any atom is 0.220 e. The van der Waals surface area contributed by atoms with Gasteiger partial charge >= 0.3 is 0 Å². The number of benzene rings is 1. The molecule has 0 bridgehead atoms. The Morgan fingerprint density at radius 1 is 1.15 bits per heavy atom. The first-order valence-electron chi connectivity index (χ1n) is 9.65. The summed E-state index contributed by atoms with van der Waals surface area (Å²) in [6, 6.07) is 9.63. The predicted molar refractivity (Wildman–Crippen MR) is 104 cm³/mol. The molecule has 0 unspecified atom stereocenters. The van der Waals surface area contributed by atoms with Gasteiger partial charge < -0.3 is 10.1 Å². The third kappa shape index (κ3) is 5.16. The lowest BCUT2D eigenvalue weighted by molar-refractivity contribution is -0.121. The van der Waals surface area contributed by atoms with Crippen LogP contribution in [0.15, 0.2) is 36.5 Å². The third-order valence-corrected chi connectivity index (χ3v) is 4.77. The summed E-state index contributed by atoms with van der Waals surface area (Å²) < 4.78 is 5.59. The van der Waals surface area contributed by atoms with Gasteiger partial charge in [-0.05, 0) is 48.9 Å². The van der Waals surface area contributed by atoms with Crippen LogP contribution in [0.25, 0.3) is 0 Å². The summed E-state index contributed by atoms with van der Waals surface area (Å²) in [5, 5.41) is 2.85. The lowest BCUT2D eigenvalue weighted by Gasteiger charge is -2.10. The second-order valence-electron chi connectivity index (χ2n) is 6.85. The minimum absolute atomic E-state index is 0.0215. The van der Waals surface area contributed by atoms with Gasteiger partial charge in [0.1, 0.15) is 0 Å². The van der Waals surface area contributed by atoms with Crippen molar-refractivity contribution in [3.8, 4) is 5.88 Å². The van der Waals surface area contributed by atoms with Crippen molar-refractivity contribution in [3.05, 3.63) is 58.8 Å². The number of hydrogen-bond acceptors (Lipinski definition) is 4. The van der Waals surface area contributed by atoms with Crippen LogP contribution in [-0.4, -0.2) is 23.3 Å². The zero-order valence-corrected chi connectivity index (χ0v) is 15.8.